The third-order valence-corrected chi connectivity index (χ3v) is 5.37. The molecule has 136 valence electrons. The zero-order valence-electron chi connectivity index (χ0n) is 14.9. The number of aliphatic imine (C=N–C) groups is 1. The van der Waals surface area contributed by atoms with Crippen LogP contribution < -0.4 is 10.6 Å². The smallest absolute Gasteiger partial charge is 0.135 e. The quantitative estimate of drug-likeness (QED) is 0.792. The Morgan fingerprint density at radius 2 is 2.04 bits per heavy atom. The standard InChI is InChI=1S/C21H25ClN4/c22-17-7-6-10-19(13-17)24-21-16(14-23-18-8-2-1-3-9-18)15-26-12-5-4-11-20(26)25-21/h4-7,10-13,18,23-24H,1-3,8-9,14-15H2. The molecule has 3 aliphatic rings. The van der Waals surface area contributed by atoms with E-state index in [0.29, 0.717) is 6.04 Å². The fourth-order valence-electron chi connectivity index (χ4n) is 3.71. The van der Waals surface area contributed by atoms with Crippen LogP contribution in [0.3, 0.4) is 0 Å². The van der Waals surface area contributed by atoms with E-state index < -0.39 is 0 Å². The lowest BCUT2D eigenvalue weighted by Crippen LogP contribution is -2.39. The predicted molar refractivity (Wildman–Crippen MR) is 109 cm³/mol. The van der Waals surface area contributed by atoms with E-state index in [9.17, 15) is 0 Å². The lowest BCUT2D eigenvalue weighted by Gasteiger charge is -2.31. The number of nitrogens with zero attached hydrogens (tertiary/aromatic N) is 2. The molecule has 2 N–H and O–H groups in total. The number of anilines is 1. The van der Waals surface area contributed by atoms with E-state index in [1.165, 1.54) is 37.7 Å². The van der Waals surface area contributed by atoms with Gasteiger partial charge in [0.15, 0.2) is 0 Å². The Bertz CT molecular complexity index is 772. The van der Waals surface area contributed by atoms with Gasteiger partial charge in [-0.3, -0.25) is 0 Å². The number of halogens is 1. The van der Waals surface area contributed by atoms with Gasteiger partial charge in [-0.1, -0.05) is 43.0 Å². The molecule has 2 heterocycles. The van der Waals surface area contributed by atoms with E-state index in [-0.39, 0.29) is 0 Å². The normalized spacial score (nSPS) is 20.2. The van der Waals surface area contributed by atoms with Gasteiger partial charge in [-0.05, 0) is 43.2 Å². The highest BCUT2D eigenvalue weighted by Crippen LogP contribution is 2.24. The fourth-order valence-corrected chi connectivity index (χ4v) is 3.90. The Balaban J connectivity index is 1.55. The molecule has 0 saturated heterocycles. The molecule has 26 heavy (non-hydrogen) atoms. The zero-order valence-corrected chi connectivity index (χ0v) is 15.7. The van der Waals surface area contributed by atoms with E-state index >= 15 is 0 Å². The van der Waals surface area contributed by atoms with Crippen LogP contribution in [0.5, 0.6) is 0 Å². The minimum absolute atomic E-state index is 0.630. The van der Waals surface area contributed by atoms with Crippen LogP contribution in [0.25, 0.3) is 0 Å². The minimum atomic E-state index is 0.630. The molecular weight excluding hydrogens is 344 g/mol. The van der Waals surface area contributed by atoms with Crippen LogP contribution in [0, 0.1) is 0 Å². The molecular formula is C21H25ClN4. The highest BCUT2D eigenvalue weighted by molar-refractivity contribution is 6.30. The van der Waals surface area contributed by atoms with Crippen molar-refractivity contribution in [3.8, 4) is 0 Å². The number of amidine groups is 1. The van der Waals surface area contributed by atoms with E-state index in [2.05, 4.69) is 27.8 Å². The highest BCUT2D eigenvalue weighted by atomic mass is 35.5. The first kappa shape index (κ1) is 17.4. The van der Waals surface area contributed by atoms with Gasteiger partial charge in [-0.25, -0.2) is 4.99 Å². The molecule has 0 spiro atoms. The second kappa shape index (κ2) is 8.11. The lowest BCUT2D eigenvalue weighted by molar-refractivity contribution is 0.379. The molecule has 0 aromatic heterocycles. The first-order chi connectivity index (χ1) is 12.8. The topological polar surface area (TPSA) is 39.7 Å². The van der Waals surface area contributed by atoms with E-state index in [1.807, 2.05) is 36.4 Å². The molecule has 1 fully saturated rings. The lowest BCUT2D eigenvalue weighted by atomic mass is 9.95. The summed E-state index contributed by atoms with van der Waals surface area (Å²) in [7, 11) is 0. The maximum Gasteiger partial charge on any atom is 0.135 e. The van der Waals surface area contributed by atoms with Gasteiger partial charge < -0.3 is 15.5 Å². The van der Waals surface area contributed by atoms with Crippen molar-refractivity contribution in [1.29, 1.82) is 0 Å². The summed E-state index contributed by atoms with van der Waals surface area (Å²) in [5, 5.41) is 7.95. The van der Waals surface area contributed by atoms with Crippen LogP contribution in [0.4, 0.5) is 5.69 Å². The van der Waals surface area contributed by atoms with Crippen molar-refractivity contribution in [1.82, 2.24) is 10.2 Å². The van der Waals surface area contributed by atoms with Crippen LogP contribution >= 0.6 is 11.6 Å². The second-order valence-electron chi connectivity index (χ2n) is 7.10. The number of fused-ring (bicyclic) bond motifs is 1. The molecule has 1 aromatic rings. The monoisotopic (exact) mass is 368 g/mol. The maximum absolute atomic E-state index is 6.14. The van der Waals surface area contributed by atoms with Gasteiger partial charge in [0, 0.05) is 35.1 Å². The van der Waals surface area contributed by atoms with Crippen molar-refractivity contribution in [3.63, 3.8) is 0 Å². The average Bonchev–Trinajstić information content (AvgIpc) is 2.67. The average molecular weight is 369 g/mol. The second-order valence-corrected chi connectivity index (χ2v) is 7.54. The van der Waals surface area contributed by atoms with E-state index in [0.717, 1.165) is 35.5 Å². The molecule has 1 aromatic carbocycles. The SMILES string of the molecule is Clc1cccc(NC2=C(CNC3CCCCC3)CN3C=CC=CC3=N2)c1. The molecule has 0 unspecified atom stereocenters. The number of rotatable bonds is 5. The van der Waals surface area contributed by atoms with Crippen LogP contribution in [0.15, 0.2) is 65.1 Å². The summed E-state index contributed by atoms with van der Waals surface area (Å²) in [6, 6.07) is 8.43. The molecule has 4 rings (SSSR count). The summed E-state index contributed by atoms with van der Waals surface area (Å²) >= 11 is 6.14. The number of hydrogen-bond donors (Lipinski definition) is 2. The number of benzene rings is 1. The summed E-state index contributed by atoms with van der Waals surface area (Å²) in [4.78, 5) is 7.06. The van der Waals surface area contributed by atoms with E-state index in [1.54, 1.807) is 0 Å². The third-order valence-electron chi connectivity index (χ3n) is 5.14. The molecule has 0 atom stereocenters. The fraction of sp³-hybridized carbons (Fsp3) is 0.381. The molecule has 4 nitrogen and oxygen atoms in total. The van der Waals surface area contributed by atoms with Gasteiger partial charge in [0.25, 0.3) is 0 Å². The number of allylic oxidation sites excluding steroid dienone is 2. The molecule has 1 saturated carbocycles. The summed E-state index contributed by atoms with van der Waals surface area (Å²) in [6.45, 7) is 1.71. The predicted octanol–water partition coefficient (Wildman–Crippen LogP) is 4.68. The molecule has 0 radical (unpaired) electrons. The van der Waals surface area contributed by atoms with Crippen molar-refractivity contribution < 1.29 is 0 Å². The zero-order chi connectivity index (χ0) is 17.8. The Hall–Kier alpha value is -2.04. The molecule has 0 amide bonds. The van der Waals surface area contributed by atoms with Crippen molar-refractivity contribution in [2.24, 2.45) is 4.99 Å². The Morgan fingerprint density at radius 1 is 1.15 bits per heavy atom. The molecule has 0 bridgehead atoms. The summed E-state index contributed by atoms with van der Waals surface area (Å²) < 4.78 is 0. The molecule has 5 heteroatoms. The van der Waals surface area contributed by atoms with Gasteiger partial charge >= 0.3 is 0 Å². The van der Waals surface area contributed by atoms with Crippen LogP contribution in [0.1, 0.15) is 32.1 Å². The molecule has 1 aliphatic carbocycles. The number of nitrogens with one attached hydrogen (secondary N) is 2. The van der Waals surface area contributed by atoms with E-state index in [4.69, 9.17) is 16.6 Å². The Morgan fingerprint density at radius 3 is 2.88 bits per heavy atom. The first-order valence-electron chi connectivity index (χ1n) is 9.46. The summed E-state index contributed by atoms with van der Waals surface area (Å²) in [6.07, 6.45) is 14.8. The highest BCUT2D eigenvalue weighted by Gasteiger charge is 2.22. The minimum Gasteiger partial charge on any atom is -0.340 e. The third kappa shape index (κ3) is 4.19. The largest absolute Gasteiger partial charge is 0.340 e. The number of hydrogen-bond acceptors (Lipinski definition) is 4. The van der Waals surface area contributed by atoms with Crippen molar-refractivity contribution in [2.45, 2.75) is 38.1 Å². The Kier molecular flexibility index (Phi) is 5.42. The summed E-state index contributed by atoms with van der Waals surface area (Å²) in [5.41, 5.74) is 2.25. The van der Waals surface area contributed by atoms with Crippen molar-refractivity contribution in [2.75, 3.05) is 18.4 Å². The van der Waals surface area contributed by atoms with Crippen LogP contribution in [-0.4, -0.2) is 29.9 Å². The van der Waals surface area contributed by atoms with Gasteiger partial charge in [-0.15, -0.1) is 0 Å². The Labute approximate surface area is 160 Å². The van der Waals surface area contributed by atoms with Gasteiger partial charge in [0.1, 0.15) is 11.7 Å². The maximum atomic E-state index is 6.14. The van der Waals surface area contributed by atoms with Crippen molar-refractivity contribution in [3.05, 3.63) is 65.1 Å². The first-order valence-corrected chi connectivity index (χ1v) is 9.84. The van der Waals surface area contributed by atoms with Gasteiger partial charge in [0.05, 0.1) is 6.54 Å². The van der Waals surface area contributed by atoms with Gasteiger partial charge in [0.2, 0.25) is 0 Å². The summed E-state index contributed by atoms with van der Waals surface area (Å²) in [5.74, 6) is 1.90. The van der Waals surface area contributed by atoms with Crippen molar-refractivity contribution >= 4 is 23.1 Å². The molecule has 2 aliphatic heterocycles. The van der Waals surface area contributed by atoms with Crippen LogP contribution in [0.2, 0.25) is 5.02 Å². The van der Waals surface area contributed by atoms with Gasteiger partial charge in [-0.2, -0.15) is 0 Å². The van der Waals surface area contributed by atoms with Crippen LogP contribution in [-0.2, 0) is 0 Å².